The van der Waals surface area contributed by atoms with Crippen LogP contribution in [0.3, 0.4) is 0 Å². The monoisotopic (exact) mass is 460 g/mol. The van der Waals surface area contributed by atoms with Gasteiger partial charge < -0.3 is 20.3 Å². The van der Waals surface area contributed by atoms with E-state index in [1.807, 2.05) is 26.8 Å². The molecule has 174 valence electrons. The number of anilines is 3. The highest BCUT2D eigenvalue weighted by Crippen LogP contribution is 2.32. The van der Waals surface area contributed by atoms with Crippen LogP contribution in [0.1, 0.15) is 27.2 Å². The normalized spacial score (nSPS) is 15.2. The average molecular weight is 461 g/mol. The molecule has 32 heavy (non-hydrogen) atoms. The van der Waals surface area contributed by atoms with Crippen molar-refractivity contribution in [3.05, 3.63) is 48.5 Å². The number of sulfonamides is 1. The van der Waals surface area contributed by atoms with E-state index in [-0.39, 0.29) is 11.0 Å². The number of ether oxygens (including phenoxy) is 1. The minimum Gasteiger partial charge on any atom is -0.444 e. The molecule has 0 bridgehead atoms. The molecule has 0 aromatic heterocycles. The highest BCUT2D eigenvalue weighted by Gasteiger charge is 2.26. The Morgan fingerprint density at radius 3 is 2.38 bits per heavy atom. The van der Waals surface area contributed by atoms with Crippen molar-refractivity contribution in [2.45, 2.75) is 37.7 Å². The molecule has 0 spiro atoms. The van der Waals surface area contributed by atoms with Gasteiger partial charge in [0.1, 0.15) is 5.60 Å². The van der Waals surface area contributed by atoms with E-state index in [9.17, 15) is 13.2 Å². The molecule has 2 aromatic carbocycles. The molecule has 2 N–H and O–H groups in total. The molecule has 2 aromatic rings. The Kier molecular flexibility index (Phi) is 6.88. The second-order valence-electron chi connectivity index (χ2n) is 8.84. The molecule has 1 aliphatic heterocycles. The lowest BCUT2D eigenvalue weighted by Crippen LogP contribution is -2.39. The molecule has 0 unspecified atom stereocenters. The zero-order valence-electron chi connectivity index (χ0n) is 19.1. The Morgan fingerprint density at radius 2 is 1.72 bits per heavy atom. The van der Waals surface area contributed by atoms with Crippen LogP contribution in [0, 0.1) is 0 Å². The lowest BCUT2D eigenvalue weighted by molar-refractivity contribution is 0.0263. The molecule has 8 nitrogen and oxygen atoms in total. The number of hydrogen-bond donors (Lipinski definition) is 1. The fourth-order valence-electron chi connectivity index (χ4n) is 3.57. The smallest absolute Gasteiger partial charge is 0.410 e. The molecule has 0 radical (unpaired) electrons. The SMILES string of the molecule is CN(c1cc(N2CCCN(C(=O)OC(C)(C)C)CC2)ccc1N)S(=O)(=O)c1ccccc1. The van der Waals surface area contributed by atoms with Crippen LogP contribution in [0.25, 0.3) is 0 Å². The number of carbonyl (C=O) groups is 1. The summed E-state index contributed by atoms with van der Waals surface area (Å²) in [5, 5.41) is 0. The third kappa shape index (κ3) is 5.45. The zero-order valence-corrected chi connectivity index (χ0v) is 19.9. The Balaban J connectivity index is 1.79. The van der Waals surface area contributed by atoms with Crippen molar-refractivity contribution in [2.24, 2.45) is 0 Å². The van der Waals surface area contributed by atoms with Gasteiger partial charge in [0.2, 0.25) is 0 Å². The van der Waals surface area contributed by atoms with Crippen molar-refractivity contribution in [3.8, 4) is 0 Å². The van der Waals surface area contributed by atoms with Gasteiger partial charge in [0.15, 0.2) is 0 Å². The van der Waals surface area contributed by atoms with Crippen molar-refractivity contribution in [1.29, 1.82) is 0 Å². The van der Waals surface area contributed by atoms with Gasteiger partial charge in [-0.2, -0.15) is 0 Å². The van der Waals surface area contributed by atoms with Gasteiger partial charge in [-0.1, -0.05) is 18.2 Å². The molecule has 1 saturated heterocycles. The molecule has 0 saturated carbocycles. The van der Waals surface area contributed by atoms with Crippen molar-refractivity contribution in [2.75, 3.05) is 48.2 Å². The highest BCUT2D eigenvalue weighted by molar-refractivity contribution is 7.92. The number of hydrogen-bond acceptors (Lipinski definition) is 6. The van der Waals surface area contributed by atoms with Gasteiger partial charge >= 0.3 is 6.09 Å². The van der Waals surface area contributed by atoms with Crippen molar-refractivity contribution < 1.29 is 17.9 Å². The van der Waals surface area contributed by atoms with Gasteiger partial charge in [-0.3, -0.25) is 4.31 Å². The van der Waals surface area contributed by atoms with Gasteiger partial charge in [-0.25, -0.2) is 13.2 Å². The summed E-state index contributed by atoms with van der Waals surface area (Å²) in [5.41, 5.74) is 7.26. The summed E-state index contributed by atoms with van der Waals surface area (Å²) in [4.78, 5) is 16.5. The number of nitrogen functional groups attached to an aromatic ring is 1. The molecule has 1 amide bonds. The van der Waals surface area contributed by atoms with Crippen LogP contribution in [0.2, 0.25) is 0 Å². The quantitative estimate of drug-likeness (QED) is 0.701. The summed E-state index contributed by atoms with van der Waals surface area (Å²) in [5.74, 6) is 0. The summed E-state index contributed by atoms with van der Waals surface area (Å²) in [7, 11) is -2.24. The first-order valence-electron chi connectivity index (χ1n) is 10.7. The van der Waals surface area contributed by atoms with E-state index in [1.165, 1.54) is 11.4 Å². The van der Waals surface area contributed by atoms with E-state index in [0.29, 0.717) is 31.0 Å². The maximum atomic E-state index is 13.1. The van der Waals surface area contributed by atoms with E-state index in [2.05, 4.69) is 4.90 Å². The van der Waals surface area contributed by atoms with E-state index in [0.717, 1.165) is 18.7 Å². The third-order valence-corrected chi connectivity index (χ3v) is 7.05. The van der Waals surface area contributed by atoms with Crippen LogP contribution in [-0.2, 0) is 14.8 Å². The topological polar surface area (TPSA) is 96.2 Å². The van der Waals surface area contributed by atoms with Gasteiger partial charge in [0.05, 0.1) is 16.3 Å². The summed E-state index contributed by atoms with van der Waals surface area (Å²) in [6.07, 6.45) is 0.461. The maximum Gasteiger partial charge on any atom is 0.410 e. The molecule has 0 aliphatic carbocycles. The number of benzene rings is 2. The van der Waals surface area contributed by atoms with E-state index in [4.69, 9.17) is 10.5 Å². The Bertz CT molecular complexity index is 1050. The predicted molar refractivity (Wildman–Crippen MR) is 128 cm³/mol. The van der Waals surface area contributed by atoms with Gasteiger partial charge in [0, 0.05) is 38.9 Å². The predicted octanol–water partition coefficient (Wildman–Crippen LogP) is 3.54. The van der Waals surface area contributed by atoms with Crippen molar-refractivity contribution >= 4 is 33.2 Å². The van der Waals surface area contributed by atoms with Gasteiger partial charge in [0.25, 0.3) is 10.0 Å². The minimum absolute atomic E-state index is 0.204. The fraction of sp³-hybridized carbons (Fsp3) is 0.435. The minimum atomic E-state index is -3.74. The van der Waals surface area contributed by atoms with Crippen LogP contribution >= 0.6 is 0 Å². The average Bonchev–Trinajstić information content (AvgIpc) is 2.99. The first-order chi connectivity index (χ1) is 15.0. The Hall–Kier alpha value is -2.94. The first kappa shape index (κ1) is 23.7. The number of carbonyl (C=O) groups excluding carboxylic acids is 1. The van der Waals surface area contributed by atoms with Crippen molar-refractivity contribution in [1.82, 2.24) is 4.90 Å². The third-order valence-electron chi connectivity index (χ3n) is 5.27. The molecule has 1 aliphatic rings. The number of rotatable bonds is 4. The summed E-state index contributed by atoms with van der Waals surface area (Å²) >= 11 is 0. The van der Waals surface area contributed by atoms with Crippen molar-refractivity contribution in [3.63, 3.8) is 0 Å². The summed E-state index contributed by atoms with van der Waals surface area (Å²) in [6, 6.07) is 13.7. The molecule has 9 heteroatoms. The Morgan fingerprint density at radius 1 is 1.03 bits per heavy atom. The number of nitrogens with two attached hydrogens (primary N) is 1. The molecule has 1 heterocycles. The molecular weight excluding hydrogens is 428 g/mol. The van der Waals surface area contributed by atoms with Crippen LogP contribution < -0.4 is 14.9 Å². The summed E-state index contributed by atoms with van der Waals surface area (Å²) < 4.78 is 32.8. The molecule has 0 atom stereocenters. The lowest BCUT2D eigenvalue weighted by Gasteiger charge is -2.28. The molecular formula is C23H32N4O4S. The largest absolute Gasteiger partial charge is 0.444 e. The number of amides is 1. The zero-order chi connectivity index (χ0) is 23.5. The van der Waals surface area contributed by atoms with E-state index < -0.39 is 15.6 Å². The second kappa shape index (κ2) is 9.28. The summed E-state index contributed by atoms with van der Waals surface area (Å²) in [6.45, 7) is 8.03. The Labute approximate surface area is 190 Å². The van der Waals surface area contributed by atoms with E-state index >= 15 is 0 Å². The van der Waals surface area contributed by atoms with E-state index in [1.54, 1.807) is 47.4 Å². The lowest BCUT2D eigenvalue weighted by atomic mass is 10.2. The van der Waals surface area contributed by atoms with Crippen LogP contribution in [0.5, 0.6) is 0 Å². The number of nitrogens with zero attached hydrogens (tertiary/aromatic N) is 3. The highest BCUT2D eigenvalue weighted by atomic mass is 32.2. The fourth-order valence-corrected chi connectivity index (χ4v) is 4.80. The van der Waals surface area contributed by atoms with Crippen LogP contribution in [-0.4, -0.2) is 58.2 Å². The van der Waals surface area contributed by atoms with Crippen LogP contribution in [0.4, 0.5) is 21.9 Å². The maximum absolute atomic E-state index is 13.1. The van der Waals surface area contributed by atoms with Crippen LogP contribution in [0.15, 0.2) is 53.4 Å². The second-order valence-corrected chi connectivity index (χ2v) is 10.8. The van der Waals surface area contributed by atoms with Gasteiger partial charge in [-0.15, -0.1) is 0 Å². The van der Waals surface area contributed by atoms with Gasteiger partial charge in [-0.05, 0) is 57.5 Å². The molecule has 1 fully saturated rings. The molecule has 3 rings (SSSR count). The standard InChI is InChI=1S/C23H32N4O4S/c1-23(2,3)31-22(28)27-14-8-13-26(15-16-27)18-11-12-20(24)21(17-18)25(4)32(29,30)19-9-6-5-7-10-19/h5-7,9-12,17H,8,13-16,24H2,1-4H3. The first-order valence-corrected chi connectivity index (χ1v) is 12.1.